The number of amides is 2. The van der Waals surface area contributed by atoms with Crippen molar-refractivity contribution in [2.75, 3.05) is 29.0 Å². The number of anilines is 3. The predicted octanol–water partition coefficient (Wildman–Crippen LogP) is 5.11. The molecule has 5 rings (SSSR count). The Hall–Kier alpha value is -3.06. The number of hydroxylamine groups is 1. The molecule has 8 heteroatoms. The molecular formula is C25H21Cl2N3O3. The first-order chi connectivity index (χ1) is 15.9. The number of nitrogens with zero attached hydrogens (tertiary/aromatic N) is 3. The molecule has 33 heavy (non-hydrogen) atoms. The van der Waals surface area contributed by atoms with Gasteiger partial charge in [0.05, 0.1) is 27.5 Å². The van der Waals surface area contributed by atoms with Crippen LogP contribution in [0.15, 0.2) is 72.8 Å². The van der Waals surface area contributed by atoms with Crippen LogP contribution >= 0.6 is 23.2 Å². The van der Waals surface area contributed by atoms with E-state index in [2.05, 4.69) is 0 Å². The number of hydrogen-bond acceptors (Lipinski definition) is 5. The normalized spacial score (nSPS) is 22.1. The number of benzene rings is 3. The summed E-state index contributed by atoms with van der Waals surface area (Å²) in [5.74, 6) is -1.46. The number of imide groups is 1. The van der Waals surface area contributed by atoms with Crippen molar-refractivity contribution in [3.05, 3.63) is 88.4 Å². The van der Waals surface area contributed by atoms with Gasteiger partial charge in [-0.1, -0.05) is 53.5 Å². The highest BCUT2D eigenvalue weighted by Crippen LogP contribution is 2.48. The fourth-order valence-corrected chi connectivity index (χ4v) is 4.69. The molecule has 2 heterocycles. The molecule has 3 aromatic carbocycles. The van der Waals surface area contributed by atoms with Crippen molar-refractivity contribution in [3.8, 4) is 0 Å². The molecule has 2 fully saturated rings. The molecule has 2 amide bonds. The van der Waals surface area contributed by atoms with Crippen LogP contribution in [-0.2, 0) is 14.4 Å². The van der Waals surface area contributed by atoms with Gasteiger partial charge in [0.25, 0.3) is 5.91 Å². The van der Waals surface area contributed by atoms with Crippen LogP contribution in [0.2, 0.25) is 10.0 Å². The van der Waals surface area contributed by atoms with Crippen molar-refractivity contribution >= 4 is 52.1 Å². The quantitative estimate of drug-likeness (QED) is 0.484. The highest BCUT2D eigenvalue weighted by molar-refractivity contribution is 6.42. The average molecular weight is 482 g/mol. The van der Waals surface area contributed by atoms with E-state index >= 15 is 0 Å². The molecular weight excluding hydrogens is 461 g/mol. The third-order valence-corrected chi connectivity index (χ3v) is 6.78. The topological polar surface area (TPSA) is 53.1 Å². The molecule has 0 unspecified atom stereocenters. The highest BCUT2D eigenvalue weighted by atomic mass is 35.5. The van der Waals surface area contributed by atoms with E-state index in [-0.39, 0.29) is 10.9 Å². The second kappa shape index (κ2) is 8.37. The predicted molar refractivity (Wildman–Crippen MR) is 130 cm³/mol. The molecule has 6 nitrogen and oxygen atoms in total. The number of fused-ring (bicyclic) bond motifs is 1. The van der Waals surface area contributed by atoms with Crippen LogP contribution in [0.1, 0.15) is 11.6 Å². The summed E-state index contributed by atoms with van der Waals surface area (Å²) in [6.07, 6.45) is -0.939. The van der Waals surface area contributed by atoms with Crippen molar-refractivity contribution in [3.63, 3.8) is 0 Å². The maximum Gasteiger partial charge on any atom is 0.266 e. The molecule has 0 aromatic heterocycles. The lowest BCUT2D eigenvalue weighted by atomic mass is 9.90. The van der Waals surface area contributed by atoms with Gasteiger partial charge in [-0.25, -0.2) is 9.96 Å². The Morgan fingerprint density at radius 3 is 2.15 bits per heavy atom. The molecule has 0 bridgehead atoms. The third-order valence-electron chi connectivity index (χ3n) is 6.04. The molecule has 3 aromatic rings. The number of rotatable bonds is 4. The first kappa shape index (κ1) is 21.8. The van der Waals surface area contributed by atoms with Crippen LogP contribution in [-0.4, -0.2) is 32.0 Å². The Bertz CT molecular complexity index is 1220. The van der Waals surface area contributed by atoms with Crippen molar-refractivity contribution < 1.29 is 14.4 Å². The van der Waals surface area contributed by atoms with Crippen LogP contribution in [0.3, 0.4) is 0 Å². The van der Waals surface area contributed by atoms with E-state index in [1.165, 1.54) is 6.07 Å². The summed E-state index contributed by atoms with van der Waals surface area (Å²) in [5.41, 5.74) is 3.07. The lowest BCUT2D eigenvalue weighted by Gasteiger charge is -2.29. The van der Waals surface area contributed by atoms with E-state index in [1.807, 2.05) is 73.6 Å². The summed E-state index contributed by atoms with van der Waals surface area (Å²) >= 11 is 12.2. The van der Waals surface area contributed by atoms with Gasteiger partial charge in [0.2, 0.25) is 5.91 Å². The van der Waals surface area contributed by atoms with Crippen LogP contribution in [0.4, 0.5) is 17.1 Å². The Labute approximate surface area is 201 Å². The van der Waals surface area contributed by atoms with Crippen molar-refractivity contribution in [2.24, 2.45) is 5.92 Å². The maximum absolute atomic E-state index is 13.6. The zero-order valence-electron chi connectivity index (χ0n) is 18.0. The fourth-order valence-electron chi connectivity index (χ4n) is 4.40. The van der Waals surface area contributed by atoms with Crippen LogP contribution in [0.25, 0.3) is 0 Å². The van der Waals surface area contributed by atoms with Gasteiger partial charge in [-0.15, -0.1) is 0 Å². The van der Waals surface area contributed by atoms with E-state index in [0.717, 1.165) is 21.8 Å². The number of carbonyl (C=O) groups is 2. The van der Waals surface area contributed by atoms with E-state index in [9.17, 15) is 9.59 Å². The molecule has 2 aliphatic heterocycles. The average Bonchev–Trinajstić information content (AvgIpc) is 3.32. The summed E-state index contributed by atoms with van der Waals surface area (Å²) in [7, 11) is 3.93. The first-order valence-corrected chi connectivity index (χ1v) is 11.2. The third kappa shape index (κ3) is 3.64. The van der Waals surface area contributed by atoms with Crippen molar-refractivity contribution in [1.29, 1.82) is 0 Å². The molecule has 0 N–H and O–H groups in total. The standard InChI is InChI=1S/C25H21Cl2N3O3/c1-28(2)16-10-8-15(9-11-16)22-21-23(33-30(22)17-6-4-3-5-7-17)25(32)29(24(21)31)18-12-13-19(26)20(27)14-18/h3-14,21-23H,1-2H3/t21-,22+,23+/m0/s1. The van der Waals surface area contributed by atoms with Crippen LogP contribution in [0.5, 0.6) is 0 Å². The first-order valence-electron chi connectivity index (χ1n) is 10.5. The summed E-state index contributed by atoms with van der Waals surface area (Å²) in [4.78, 5) is 36.3. The summed E-state index contributed by atoms with van der Waals surface area (Å²) < 4.78 is 0. The largest absolute Gasteiger partial charge is 0.378 e. The molecule has 0 saturated carbocycles. The smallest absolute Gasteiger partial charge is 0.266 e. The van der Waals surface area contributed by atoms with Gasteiger partial charge in [0.1, 0.15) is 5.92 Å². The Balaban J connectivity index is 1.57. The van der Waals surface area contributed by atoms with Crippen LogP contribution < -0.4 is 14.9 Å². The van der Waals surface area contributed by atoms with E-state index in [0.29, 0.717) is 10.7 Å². The second-order valence-corrected chi connectivity index (χ2v) is 9.07. The Kier molecular flexibility index (Phi) is 5.52. The molecule has 3 atom stereocenters. The van der Waals surface area contributed by atoms with Gasteiger partial charge in [-0.2, -0.15) is 0 Å². The number of carbonyl (C=O) groups excluding carboxylic acids is 2. The van der Waals surface area contributed by atoms with Gasteiger partial charge < -0.3 is 4.90 Å². The van der Waals surface area contributed by atoms with Gasteiger partial charge in [-0.3, -0.25) is 14.4 Å². The lowest BCUT2D eigenvalue weighted by Crippen LogP contribution is -2.37. The summed E-state index contributed by atoms with van der Waals surface area (Å²) in [6, 6.07) is 21.6. The minimum absolute atomic E-state index is 0.273. The molecule has 2 aliphatic rings. The fraction of sp³-hybridized carbons (Fsp3) is 0.200. The van der Waals surface area contributed by atoms with Gasteiger partial charge >= 0.3 is 0 Å². The lowest BCUT2D eigenvalue weighted by molar-refractivity contribution is -0.126. The molecule has 0 radical (unpaired) electrons. The number of hydrogen-bond donors (Lipinski definition) is 0. The SMILES string of the molecule is CN(C)c1ccc([C@@H]2[C@@H]3C(=O)N(c4ccc(Cl)c(Cl)c4)C(=O)[C@@H]3ON2c2ccccc2)cc1. The Morgan fingerprint density at radius 2 is 1.52 bits per heavy atom. The van der Waals surface area contributed by atoms with Gasteiger partial charge in [-0.05, 0) is 48.0 Å². The number of halogens is 2. The molecule has 0 spiro atoms. The minimum atomic E-state index is -0.939. The molecule has 2 saturated heterocycles. The summed E-state index contributed by atoms with van der Waals surface area (Å²) in [5, 5.41) is 2.31. The minimum Gasteiger partial charge on any atom is -0.378 e. The summed E-state index contributed by atoms with van der Waals surface area (Å²) in [6.45, 7) is 0. The maximum atomic E-state index is 13.6. The zero-order valence-corrected chi connectivity index (χ0v) is 19.5. The van der Waals surface area contributed by atoms with Gasteiger partial charge in [0, 0.05) is 19.8 Å². The molecule has 0 aliphatic carbocycles. The number of para-hydroxylation sites is 1. The van der Waals surface area contributed by atoms with E-state index < -0.39 is 24.0 Å². The highest BCUT2D eigenvalue weighted by Gasteiger charge is 2.60. The van der Waals surface area contributed by atoms with E-state index in [4.69, 9.17) is 28.0 Å². The van der Waals surface area contributed by atoms with Crippen molar-refractivity contribution in [2.45, 2.75) is 12.1 Å². The van der Waals surface area contributed by atoms with Gasteiger partial charge in [0.15, 0.2) is 6.10 Å². The zero-order chi connectivity index (χ0) is 23.3. The molecule has 168 valence electrons. The Morgan fingerprint density at radius 1 is 0.818 bits per heavy atom. The van der Waals surface area contributed by atoms with Crippen molar-refractivity contribution in [1.82, 2.24) is 0 Å². The monoisotopic (exact) mass is 481 g/mol. The van der Waals surface area contributed by atoms with E-state index in [1.54, 1.807) is 17.2 Å². The second-order valence-electron chi connectivity index (χ2n) is 8.25. The van der Waals surface area contributed by atoms with Crippen LogP contribution in [0, 0.1) is 5.92 Å².